The van der Waals surface area contributed by atoms with Crippen LogP contribution in [0.2, 0.25) is 0 Å². The van der Waals surface area contributed by atoms with Crippen molar-refractivity contribution in [3.63, 3.8) is 0 Å². The van der Waals surface area contributed by atoms with E-state index >= 15 is 0 Å². The predicted molar refractivity (Wildman–Crippen MR) is 71.6 cm³/mol. The van der Waals surface area contributed by atoms with Crippen molar-refractivity contribution in [2.24, 2.45) is 10.2 Å². The van der Waals surface area contributed by atoms with Gasteiger partial charge in [-0.2, -0.15) is 0 Å². The van der Waals surface area contributed by atoms with E-state index in [4.69, 9.17) is 18.5 Å². The standard InChI is InChI=1S/C12H11AsN4O3/c14-16-9-1-5-11(6-2-9)19-13(18)20-12-7-3-10(17-15)4-8-12/h1-8,13-15H. The quantitative estimate of drug-likeness (QED) is 0.622. The maximum absolute atomic E-state index is 11.8. The molecular weight excluding hydrogens is 323 g/mol. The first-order valence-electron chi connectivity index (χ1n) is 5.56. The summed E-state index contributed by atoms with van der Waals surface area (Å²) < 4.78 is 22.2. The van der Waals surface area contributed by atoms with Gasteiger partial charge in [-0.05, 0) is 0 Å². The Bertz CT molecular complexity index is 573. The second-order valence-corrected chi connectivity index (χ2v) is 5.57. The van der Waals surface area contributed by atoms with E-state index < -0.39 is 15.3 Å². The van der Waals surface area contributed by atoms with Crippen molar-refractivity contribution in [2.45, 2.75) is 0 Å². The van der Waals surface area contributed by atoms with E-state index in [1.165, 1.54) is 0 Å². The van der Waals surface area contributed by atoms with Crippen LogP contribution >= 0.6 is 0 Å². The summed E-state index contributed by atoms with van der Waals surface area (Å²) in [4.78, 5) is 0. The van der Waals surface area contributed by atoms with Gasteiger partial charge in [-0.1, -0.05) is 0 Å². The number of hydrogen-bond donors (Lipinski definition) is 2. The summed E-state index contributed by atoms with van der Waals surface area (Å²) >= 11 is -3.39. The van der Waals surface area contributed by atoms with Gasteiger partial charge in [0.1, 0.15) is 0 Å². The summed E-state index contributed by atoms with van der Waals surface area (Å²) in [7, 11) is 0. The van der Waals surface area contributed by atoms with E-state index in [2.05, 4.69) is 10.2 Å². The third kappa shape index (κ3) is 3.79. The molecule has 0 aromatic heterocycles. The summed E-state index contributed by atoms with van der Waals surface area (Å²) in [5.41, 5.74) is 14.6. The molecule has 0 amide bonds. The molecule has 7 nitrogen and oxygen atoms in total. The predicted octanol–water partition coefficient (Wildman–Crippen LogP) is 3.62. The average molecular weight is 334 g/mol. The molecule has 2 rings (SSSR count). The molecule has 102 valence electrons. The van der Waals surface area contributed by atoms with Gasteiger partial charge in [0.15, 0.2) is 0 Å². The minimum absolute atomic E-state index is 0.403. The van der Waals surface area contributed by atoms with Crippen molar-refractivity contribution in [2.75, 3.05) is 0 Å². The first-order valence-corrected chi connectivity index (χ1v) is 8.13. The SMILES string of the molecule is N=Nc1ccc(O[AsH](=O)Oc2ccc(N=N)cc2)cc1. The van der Waals surface area contributed by atoms with Crippen LogP contribution in [0, 0.1) is 11.1 Å². The molecule has 0 saturated heterocycles. The van der Waals surface area contributed by atoms with Crippen LogP contribution in [0.3, 0.4) is 0 Å². The molecule has 0 aliphatic rings. The molecule has 0 spiro atoms. The third-order valence-electron chi connectivity index (χ3n) is 2.33. The Hall–Kier alpha value is -2.40. The molecule has 2 aromatic rings. The summed E-state index contributed by atoms with van der Waals surface area (Å²) in [6.07, 6.45) is 0. The Morgan fingerprint density at radius 1 is 0.750 bits per heavy atom. The van der Waals surface area contributed by atoms with E-state index in [9.17, 15) is 3.74 Å². The molecule has 0 bridgehead atoms. The van der Waals surface area contributed by atoms with Gasteiger partial charge in [0.05, 0.1) is 0 Å². The molecule has 0 aliphatic heterocycles. The molecule has 0 heterocycles. The third-order valence-corrected chi connectivity index (χ3v) is 4.02. The van der Waals surface area contributed by atoms with Gasteiger partial charge in [0.2, 0.25) is 0 Å². The van der Waals surface area contributed by atoms with Crippen LogP contribution in [-0.2, 0) is 3.74 Å². The van der Waals surface area contributed by atoms with Crippen molar-refractivity contribution in [1.29, 1.82) is 11.1 Å². The molecular formula is C12H11AsN4O3. The monoisotopic (exact) mass is 334 g/mol. The van der Waals surface area contributed by atoms with E-state index in [0.717, 1.165) is 0 Å². The van der Waals surface area contributed by atoms with E-state index in [-0.39, 0.29) is 0 Å². The first kappa shape index (κ1) is 14.0. The second kappa shape index (κ2) is 6.67. The van der Waals surface area contributed by atoms with Crippen LogP contribution in [0.1, 0.15) is 0 Å². The van der Waals surface area contributed by atoms with Crippen LogP contribution in [0.5, 0.6) is 11.5 Å². The molecule has 2 N–H and O–H groups in total. The first-order chi connectivity index (χ1) is 9.71. The van der Waals surface area contributed by atoms with Crippen LogP contribution < -0.4 is 7.45 Å². The van der Waals surface area contributed by atoms with Crippen LogP contribution in [0.15, 0.2) is 58.8 Å². The molecule has 0 atom stereocenters. The van der Waals surface area contributed by atoms with Crippen molar-refractivity contribution in [3.05, 3.63) is 48.5 Å². The molecule has 0 unspecified atom stereocenters. The number of benzene rings is 2. The Morgan fingerprint density at radius 2 is 1.10 bits per heavy atom. The molecule has 20 heavy (non-hydrogen) atoms. The Kier molecular flexibility index (Phi) is 4.68. The van der Waals surface area contributed by atoms with Gasteiger partial charge in [0, 0.05) is 0 Å². The zero-order chi connectivity index (χ0) is 14.4. The molecule has 0 fully saturated rings. The van der Waals surface area contributed by atoms with Gasteiger partial charge in [0.25, 0.3) is 0 Å². The molecule has 0 saturated carbocycles. The summed E-state index contributed by atoms with van der Waals surface area (Å²) in [6.45, 7) is 0. The van der Waals surface area contributed by atoms with Gasteiger partial charge >= 0.3 is 119 Å². The van der Waals surface area contributed by atoms with Crippen LogP contribution in [0.4, 0.5) is 11.4 Å². The molecule has 0 aliphatic carbocycles. The van der Waals surface area contributed by atoms with Crippen molar-refractivity contribution in [3.8, 4) is 11.5 Å². The normalized spacial score (nSPS) is 11.4. The zero-order valence-electron chi connectivity index (χ0n) is 10.2. The Labute approximate surface area is 119 Å². The number of nitrogens with zero attached hydrogens (tertiary/aromatic N) is 2. The summed E-state index contributed by atoms with van der Waals surface area (Å²) in [6, 6.07) is 12.6. The molecule has 8 heteroatoms. The maximum atomic E-state index is 11.8. The topological polar surface area (TPSA) is 108 Å². The van der Waals surface area contributed by atoms with Gasteiger partial charge in [-0.25, -0.2) is 0 Å². The van der Waals surface area contributed by atoms with Crippen molar-refractivity contribution in [1.82, 2.24) is 0 Å². The fourth-order valence-electron chi connectivity index (χ4n) is 1.39. The van der Waals surface area contributed by atoms with E-state index in [1.807, 2.05) is 0 Å². The Morgan fingerprint density at radius 3 is 1.40 bits per heavy atom. The van der Waals surface area contributed by atoms with Crippen LogP contribution in [0.25, 0.3) is 0 Å². The fourth-order valence-corrected chi connectivity index (χ4v) is 2.86. The Balaban J connectivity index is 1.96. The average Bonchev–Trinajstić information content (AvgIpc) is 2.49. The second-order valence-electron chi connectivity index (χ2n) is 3.67. The van der Waals surface area contributed by atoms with Gasteiger partial charge < -0.3 is 0 Å². The number of rotatable bonds is 6. The van der Waals surface area contributed by atoms with Crippen molar-refractivity contribution < 1.29 is 11.2 Å². The van der Waals surface area contributed by atoms with E-state index in [0.29, 0.717) is 22.9 Å². The van der Waals surface area contributed by atoms with E-state index in [1.54, 1.807) is 48.5 Å². The minimum atomic E-state index is -3.39. The molecule has 2 aromatic carbocycles. The fraction of sp³-hybridized carbons (Fsp3) is 0. The van der Waals surface area contributed by atoms with Crippen LogP contribution in [-0.4, -0.2) is 15.3 Å². The molecule has 0 radical (unpaired) electrons. The number of nitrogens with one attached hydrogen (secondary N) is 2. The summed E-state index contributed by atoms with van der Waals surface area (Å²) in [5.74, 6) is 0.806. The number of hydrogen-bond acceptors (Lipinski definition) is 7. The van der Waals surface area contributed by atoms with Gasteiger partial charge in [-0.15, -0.1) is 0 Å². The zero-order valence-corrected chi connectivity index (χ0v) is 12.3. The van der Waals surface area contributed by atoms with Gasteiger partial charge in [-0.3, -0.25) is 0 Å². The summed E-state index contributed by atoms with van der Waals surface area (Å²) in [5, 5.41) is 6.50. The van der Waals surface area contributed by atoms with Crippen molar-refractivity contribution >= 4 is 26.6 Å².